The van der Waals surface area contributed by atoms with Gasteiger partial charge in [0.05, 0.1) is 11.4 Å². The van der Waals surface area contributed by atoms with E-state index >= 15 is 0 Å². The van der Waals surface area contributed by atoms with Crippen molar-refractivity contribution in [3.05, 3.63) is 65.0 Å². The van der Waals surface area contributed by atoms with E-state index in [0.717, 1.165) is 5.39 Å². The van der Waals surface area contributed by atoms with Crippen LogP contribution in [0.25, 0.3) is 11.0 Å². The summed E-state index contributed by atoms with van der Waals surface area (Å²) in [6, 6.07) is 14.9. The lowest BCUT2D eigenvalue weighted by molar-refractivity contribution is -0.121. The molecule has 2 aromatic carbocycles. The summed E-state index contributed by atoms with van der Waals surface area (Å²) in [5, 5.41) is 3.58. The minimum atomic E-state index is -0.451. The van der Waals surface area contributed by atoms with Gasteiger partial charge in [0.15, 0.2) is 6.61 Å². The minimum Gasteiger partial charge on any atom is -0.484 e. The van der Waals surface area contributed by atoms with Crippen LogP contribution in [0.4, 0.5) is 11.4 Å². The zero-order chi connectivity index (χ0) is 19.7. The van der Waals surface area contributed by atoms with Crippen molar-refractivity contribution in [2.45, 2.75) is 19.4 Å². The molecule has 1 aliphatic heterocycles. The molecule has 3 aromatic rings. The maximum Gasteiger partial charge on any atom is 0.336 e. The quantitative estimate of drug-likeness (QED) is 0.708. The van der Waals surface area contributed by atoms with Crippen LogP contribution in [0.15, 0.2) is 63.8 Å². The predicted molar refractivity (Wildman–Crippen MR) is 105 cm³/mol. The fourth-order valence-electron chi connectivity index (χ4n) is 3.31. The minimum absolute atomic E-state index is 0.138. The van der Waals surface area contributed by atoms with Crippen LogP contribution in [0.1, 0.15) is 13.3 Å². The molecule has 2 heterocycles. The Kier molecular flexibility index (Phi) is 4.57. The first-order valence-electron chi connectivity index (χ1n) is 8.89. The van der Waals surface area contributed by atoms with Crippen LogP contribution in [0.5, 0.6) is 5.75 Å². The van der Waals surface area contributed by atoms with Crippen molar-refractivity contribution < 1.29 is 18.7 Å². The molecule has 4 rings (SSSR count). The van der Waals surface area contributed by atoms with Crippen LogP contribution < -0.4 is 20.6 Å². The number of carbonyl (C=O) groups excluding carboxylic acids is 2. The van der Waals surface area contributed by atoms with Crippen molar-refractivity contribution >= 4 is 34.2 Å². The Balaban J connectivity index is 1.56. The molecule has 0 spiro atoms. The van der Waals surface area contributed by atoms with E-state index in [1.54, 1.807) is 47.4 Å². The van der Waals surface area contributed by atoms with Gasteiger partial charge in [-0.3, -0.25) is 9.59 Å². The molecular formula is C21H18N2O5. The molecule has 0 saturated carbocycles. The largest absolute Gasteiger partial charge is 0.484 e. The lowest BCUT2D eigenvalue weighted by Gasteiger charge is -2.27. The Bertz CT molecular complexity index is 1120. The average Bonchev–Trinajstić information content (AvgIpc) is 2.80. The van der Waals surface area contributed by atoms with E-state index in [9.17, 15) is 14.4 Å². The fourth-order valence-corrected chi connectivity index (χ4v) is 3.31. The number of nitrogens with zero attached hydrogens (tertiary/aromatic N) is 1. The lowest BCUT2D eigenvalue weighted by atomic mass is 10.1. The summed E-state index contributed by atoms with van der Waals surface area (Å²) < 4.78 is 10.8. The van der Waals surface area contributed by atoms with Gasteiger partial charge < -0.3 is 19.4 Å². The first kappa shape index (κ1) is 17.8. The molecule has 7 heteroatoms. The molecule has 28 heavy (non-hydrogen) atoms. The SMILES string of the molecule is C[C@H]1CC(=O)Nc2ccccc2N1C(=O)COc1ccc2ccc(=O)oc2c1. The first-order chi connectivity index (χ1) is 13.5. The first-order valence-corrected chi connectivity index (χ1v) is 8.89. The number of fused-ring (bicyclic) bond motifs is 2. The zero-order valence-electron chi connectivity index (χ0n) is 15.2. The summed E-state index contributed by atoms with van der Waals surface area (Å²) in [5.74, 6) is 0.00643. The van der Waals surface area contributed by atoms with Crippen LogP contribution in [0, 0.1) is 0 Å². The molecule has 1 atom stereocenters. The third kappa shape index (κ3) is 3.46. The Morgan fingerprint density at radius 3 is 2.82 bits per heavy atom. The van der Waals surface area contributed by atoms with Gasteiger partial charge in [-0.1, -0.05) is 12.1 Å². The summed E-state index contributed by atoms with van der Waals surface area (Å²) >= 11 is 0. The van der Waals surface area contributed by atoms with Gasteiger partial charge in [-0.2, -0.15) is 0 Å². The molecular weight excluding hydrogens is 360 g/mol. The van der Waals surface area contributed by atoms with Crippen LogP contribution in [-0.4, -0.2) is 24.5 Å². The maximum absolute atomic E-state index is 12.9. The highest BCUT2D eigenvalue weighted by Crippen LogP contribution is 2.31. The molecule has 0 aliphatic carbocycles. The highest BCUT2D eigenvalue weighted by molar-refractivity contribution is 6.04. The lowest BCUT2D eigenvalue weighted by Crippen LogP contribution is -2.41. The molecule has 0 unspecified atom stereocenters. The molecule has 0 bridgehead atoms. The highest BCUT2D eigenvalue weighted by atomic mass is 16.5. The van der Waals surface area contributed by atoms with Crippen LogP contribution in [0.2, 0.25) is 0 Å². The van der Waals surface area contributed by atoms with Crippen LogP contribution >= 0.6 is 0 Å². The summed E-state index contributed by atoms with van der Waals surface area (Å²) in [6.07, 6.45) is 0.196. The summed E-state index contributed by atoms with van der Waals surface area (Å²) in [5.41, 5.74) is 1.17. The zero-order valence-corrected chi connectivity index (χ0v) is 15.2. The normalized spacial score (nSPS) is 16.2. The number of carbonyl (C=O) groups is 2. The molecule has 2 amide bonds. The van der Waals surface area contributed by atoms with Crippen molar-refractivity contribution in [3.8, 4) is 5.75 Å². The van der Waals surface area contributed by atoms with Crippen molar-refractivity contribution in [3.63, 3.8) is 0 Å². The van der Waals surface area contributed by atoms with Gasteiger partial charge in [0.25, 0.3) is 5.91 Å². The predicted octanol–water partition coefficient (Wildman–Crippen LogP) is 2.94. The van der Waals surface area contributed by atoms with Crippen molar-refractivity contribution in [2.75, 3.05) is 16.8 Å². The third-order valence-corrected chi connectivity index (χ3v) is 4.58. The number of benzene rings is 2. The number of ether oxygens (including phenoxy) is 1. The van der Waals surface area contributed by atoms with Gasteiger partial charge in [0.1, 0.15) is 11.3 Å². The second kappa shape index (κ2) is 7.19. The van der Waals surface area contributed by atoms with Gasteiger partial charge in [-0.25, -0.2) is 4.79 Å². The topological polar surface area (TPSA) is 88.9 Å². The van der Waals surface area contributed by atoms with Crippen molar-refractivity contribution in [1.29, 1.82) is 0 Å². The Morgan fingerprint density at radius 2 is 1.96 bits per heavy atom. The highest BCUT2D eigenvalue weighted by Gasteiger charge is 2.29. The van der Waals surface area contributed by atoms with E-state index in [0.29, 0.717) is 22.7 Å². The van der Waals surface area contributed by atoms with Gasteiger partial charge in [-0.15, -0.1) is 0 Å². The van der Waals surface area contributed by atoms with E-state index in [-0.39, 0.29) is 30.9 Å². The van der Waals surface area contributed by atoms with Crippen molar-refractivity contribution in [1.82, 2.24) is 0 Å². The number of hydrogen-bond acceptors (Lipinski definition) is 5. The van der Waals surface area contributed by atoms with Gasteiger partial charge in [-0.05, 0) is 37.3 Å². The smallest absolute Gasteiger partial charge is 0.336 e. The summed E-state index contributed by atoms with van der Waals surface area (Å²) in [7, 11) is 0. The Labute approximate surface area is 160 Å². The van der Waals surface area contributed by atoms with Crippen LogP contribution in [-0.2, 0) is 9.59 Å². The molecule has 142 valence electrons. The second-order valence-electron chi connectivity index (χ2n) is 6.62. The van der Waals surface area contributed by atoms with Crippen LogP contribution in [0.3, 0.4) is 0 Å². The number of anilines is 2. The molecule has 1 aliphatic rings. The summed E-state index contributed by atoms with van der Waals surface area (Å²) in [6.45, 7) is 1.61. The Morgan fingerprint density at radius 1 is 1.18 bits per heavy atom. The van der Waals surface area contributed by atoms with Crippen molar-refractivity contribution in [2.24, 2.45) is 0 Å². The average molecular weight is 378 g/mol. The van der Waals surface area contributed by atoms with E-state index < -0.39 is 5.63 Å². The third-order valence-electron chi connectivity index (χ3n) is 4.58. The maximum atomic E-state index is 12.9. The Hall–Kier alpha value is -3.61. The van der Waals surface area contributed by atoms with Gasteiger partial charge in [0, 0.05) is 30.0 Å². The fraction of sp³-hybridized carbons (Fsp3) is 0.190. The molecule has 0 radical (unpaired) electrons. The van der Waals surface area contributed by atoms with Gasteiger partial charge >= 0.3 is 5.63 Å². The summed E-state index contributed by atoms with van der Waals surface area (Å²) in [4.78, 5) is 37.9. The number of hydrogen-bond donors (Lipinski definition) is 1. The molecule has 0 saturated heterocycles. The standard InChI is InChI=1S/C21H18N2O5/c1-13-10-19(24)22-16-4-2-3-5-17(16)23(13)20(25)12-27-15-8-6-14-7-9-21(26)28-18(14)11-15/h2-9,11,13H,10,12H2,1H3,(H,22,24)/t13-/m0/s1. The number of nitrogens with one attached hydrogen (secondary N) is 1. The number of para-hydroxylation sites is 2. The number of amides is 2. The van der Waals surface area contributed by atoms with E-state index in [4.69, 9.17) is 9.15 Å². The van der Waals surface area contributed by atoms with E-state index in [2.05, 4.69) is 5.32 Å². The molecule has 0 fully saturated rings. The van der Waals surface area contributed by atoms with E-state index in [1.807, 2.05) is 13.0 Å². The monoisotopic (exact) mass is 378 g/mol. The number of rotatable bonds is 3. The molecule has 1 aromatic heterocycles. The second-order valence-corrected chi connectivity index (χ2v) is 6.62. The van der Waals surface area contributed by atoms with E-state index in [1.165, 1.54) is 6.07 Å². The molecule has 1 N–H and O–H groups in total. The molecule has 7 nitrogen and oxygen atoms in total. The van der Waals surface area contributed by atoms with Gasteiger partial charge in [0.2, 0.25) is 5.91 Å².